The number of nitrogens with zero attached hydrogens (tertiary/aromatic N) is 2. The van der Waals surface area contributed by atoms with E-state index in [1.54, 1.807) is 24.3 Å². The Hall–Kier alpha value is -2.75. The number of ether oxygens (including phenoxy) is 1. The third kappa shape index (κ3) is 5.63. The van der Waals surface area contributed by atoms with Crippen LogP contribution in [0, 0.1) is 0 Å². The van der Waals surface area contributed by atoms with Gasteiger partial charge in [0.2, 0.25) is 5.60 Å². The number of carbonyl (C=O) groups excluding carboxylic acids is 1. The van der Waals surface area contributed by atoms with E-state index < -0.39 is 36.6 Å². The molecule has 0 saturated heterocycles. The van der Waals surface area contributed by atoms with Crippen LogP contribution in [0.1, 0.15) is 31.7 Å². The maximum atomic E-state index is 13.4. The number of imidazole rings is 1. The van der Waals surface area contributed by atoms with E-state index in [9.17, 15) is 23.1 Å². The van der Waals surface area contributed by atoms with Gasteiger partial charge in [-0.05, 0) is 19.9 Å². The number of alkyl halides is 3. The maximum Gasteiger partial charge on any atom is 0.424 e. The Bertz CT molecular complexity index is 823. The highest BCUT2D eigenvalue weighted by Gasteiger charge is 2.57. The number of hydrogen-bond donors (Lipinski definition) is 3. The van der Waals surface area contributed by atoms with Gasteiger partial charge in [0.1, 0.15) is 11.6 Å². The number of aryl methyl sites for hydroxylation is 1. The average molecular weight is 414 g/mol. The maximum absolute atomic E-state index is 13.4. The van der Waals surface area contributed by atoms with Gasteiger partial charge in [-0.2, -0.15) is 13.2 Å². The van der Waals surface area contributed by atoms with Gasteiger partial charge in [-0.1, -0.05) is 18.2 Å². The number of halogens is 3. The molecule has 29 heavy (non-hydrogen) atoms. The van der Waals surface area contributed by atoms with Gasteiger partial charge in [-0.25, -0.2) is 9.78 Å². The summed E-state index contributed by atoms with van der Waals surface area (Å²) < 4.78 is 47.1. The summed E-state index contributed by atoms with van der Waals surface area (Å²) in [6.07, 6.45) is -3.29. The van der Waals surface area contributed by atoms with Crippen molar-refractivity contribution in [3.05, 3.63) is 48.0 Å². The number of para-hydroxylation sites is 1. The second-order valence-electron chi connectivity index (χ2n) is 6.85. The molecule has 0 saturated carbocycles. The highest BCUT2D eigenvalue weighted by atomic mass is 19.4. The number of nitrogens with one attached hydrogen (secondary N) is 2. The fourth-order valence-electron chi connectivity index (χ4n) is 2.76. The molecule has 1 aromatic heterocycles. The lowest BCUT2D eigenvalue weighted by molar-refractivity contribution is -0.272. The molecular formula is C19H25F3N4O3. The second kappa shape index (κ2) is 9.17. The Morgan fingerprint density at radius 3 is 2.55 bits per heavy atom. The molecule has 160 valence electrons. The van der Waals surface area contributed by atoms with Crippen molar-refractivity contribution in [2.45, 2.75) is 44.7 Å². The Morgan fingerprint density at radius 1 is 1.28 bits per heavy atom. The van der Waals surface area contributed by atoms with Crippen molar-refractivity contribution in [3.8, 4) is 5.75 Å². The van der Waals surface area contributed by atoms with Crippen molar-refractivity contribution in [2.75, 3.05) is 6.54 Å². The molecule has 1 aromatic carbocycles. The van der Waals surface area contributed by atoms with Gasteiger partial charge < -0.3 is 25.0 Å². The van der Waals surface area contributed by atoms with Gasteiger partial charge >= 0.3 is 12.2 Å². The summed E-state index contributed by atoms with van der Waals surface area (Å²) in [5.41, 5.74) is -2.44. The van der Waals surface area contributed by atoms with Gasteiger partial charge in [-0.3, -0.25) is 0 Å². The molecule has 1 heterocycles. The number of benzene rings is 1. The van der Waals surface area contributed by atoms with E-state index >= 15 is 0 Å². The predicted molar refractivity (Wildman–Crippen MR) is 100 cm³/mol. The number of amides is 2. The van der Waals surface area contributed by atoms with E-state index in [2.05, 4.69) is 15.6 Å². The lowest BCUT2D eigenvalue weighted by atomic mass is 9.97. The molecular weight excluding hydrogens is 389 g/mol. The van der Waals surface area contributed by atoms with E-state index in [0.29, 0.717) is 5.75 Å². The third-order valence-corrected chi connectivity index (χ3v) is 4.21. The van der Waals surface area contributed by atoms with Crippen LogP contribution in [0.15, 0.2) is 36.7 Å². The van der Waals surface area contributed by atoms with Gasteiger partial charge in [0, 0.05) is 44.5 Å². The van der Waals surface area contributed by atoms with E-state index in [4.69, 9.17) is 4.74 Å². The van der Waals surface area contributed by atoms with E-state index in [0.717, 1.165) is 10.1 Å². The Balaban J connectivity index is 1.93. The minimum absolute atomic E-state index is 0.0452. The number of hydrogen-bond acceptors (Lipinski definition) is 4. The first kappa shape index (κ1) is 22.5. The fourth-order valence-corrected chi connectivity index (χ4v) is 2.76. The van der Waals surface area contributed by atoms with Crippen molar-refractivity contribution >= 4 is 6.03 Å². The van der Waals surface area contributed by atoms with Gasteiger partial charge in [-0.15, -0.1) is 0 Å². The minimum atomic E-state index is -4.95. The molecule has 0 aliphatic heterocycles. The van der Waals surface area contributed by atoms with E-state index in [1.807, 2.05) is 13.8 Å². The highest BCUT2D eigenvalue weighted by molar-refractivity contribution is 5.73. The summed E-state index contributed by atoms with van der Waals surface area (Å²) in [6.45, 7) is 3.48. The molecule has 0 aliphatic rings. The first-order valence-corrected chi connectivity index (χ1v) is 9.07. The average Bonchev–Trinajstić information content (AvgIpc) is 3.06. The number of rotatable bonds is 8. The normalized spacial score (nSPS) is 13.8. The molecule has 0 radical (unpaired) electrons. The molecule has 0 aliphatic carbocycles. The Kier molecular flexibility index (Phi) is 7.12. The van der Waals surface area contributed by atoms with Crippen molar-refractivity contribution < 1.29 is 27.8 Å². The SMILES string of the molecule is CC(C)Oc1ccccc1CNC(=O)NCCC(O)(c1nccn1C)C(F)(F)F. The van der Waals surface area contributed by atoms with Gasteiger partial charge in [0.05, 0.1) is 6.10 Å². The van der Waals surface area contributed by atoms with Crippen LogP contribution in [0.2, 0.25) is 0 Å². The van der Waals surface area contributed by atoms with Crippen molar-refractivity contribution in [1.29, 1.82) is 0 Å². The summed E-state index contributed by atoms with van der Waals surface area (Å²) in [5.74, 6) is 0.0796. The van der Waals surface area contributed by atoms with Crippen molar-refractivity contribution in [3.63, 3.8) is 0 Å². The largest absolute Gasteiger partial charge is 0.491 e. The smallest absolute Gasteiger partial charge is 0.424 e. The zero-order valence-electron chi connectivity index (χ0n) is 16.5. The molecule has 10 heteroatoms. The third-order valence-electron chi connectivity index (χ3n) is 4.21. The number of aromatic nitrogens is 2. The molecule has 1 atom stereocenters. The van der Waals surface area contributed by atoms with E-state index in [-0.39, 0.29) is 12.6 Å². The molecule has 0 fully saturated rings. The van der Waals surface area contributed by atoms with Crippen molar-refractivity contribution in [1.82, 2.24) is 20.2 Å². The van der Waals surface area contributed by atoms with Crippen LogP contribution in [0.5, 0.6) is 5.75 Å². The molecule has 2 rings (SSSR count). The molecule has 0 spiro atoms. The van der Waals surface area contributed by atoms with Gasteiger partial charge in [0.25, 0.3) is 0 Å². The standard InChI is InChI=1S/C19H25F3N4O3/c1-13(2)29-15-7-5-4-6-14(15)12-25-17(27)24-9-8-18(28,19(20,21)22)16-23-10-11-26(16)3/h4-7,10-11,13,28H,8-9,12H2,1-3H3,(H2,24,25,27). The lowest BCUT2D eigenvalue weighted by Gasteiger charge is -2.30. The zero-order valence-corrected chi connectivity index (χ0v) is 16.5. The van der Waals surface area contributed by atoms with Crippen LogP contribution >= 0.6 is 0 Å². The van der Waals surface area contributed by atoms with Crippen LogP contribution in [0.3, 0.4) is 0 Å². The molecule has 0 bridgehead atoms. The van der Waals surface area contributed by atoms with Gasteiger partial charge in [0.15, 0.2) is 0 Å². The predicted octanol–water partition coefficient (Wildman–Crippen LogP) is 2.85. The fraction of sp³-hybridized carbons (Fsp3) is 0.474. The van der Waals surface area contributed by atoms with Crippen molar-refractivity contribution in [2.24, 2.45) is 7.05 Å². The first-order valence-electron chi connectivity index (χ1n) is 9.07. The Labute approximate surface area is 166 Å². The quantitative estimate of drug-likeness (QED) is 0.620. The second-order valence-corrected chi connectivity index (χ2v) is 6.85. The summed E-state index contributed by atoms with van der Waals surface area (Å²) in [5, 5.41) is 15.1. The molecule has 2 amide bonds. The van der Waals surface area contributed by atoms with Crippen LogP contribution in [-0.2, 0) is 19.2 Å². The van der Waals surface area contributed by atoms with Crippen LogP contribution in [0.25, 0.3) is 0 Å². The minimum Gasteiger partial charge on any atom is -0.491 e. The molecule has 2 aromatic rings. The summed E-state index contributed by atoms with van der Waals surface area (Å²) in [6, 6.07) is 6.48. The Morgan fingerprint density at radius 2 is 1.97 bits per heavy atom. The number of urea groups is 1. The lowest BCUT2D eigenvalue weighted by Crippen LogP contribution is -2.47. The molecule has 7 nitrogen and oxygen atoms in total. The molecule has 3 N–H and O–H groups in total. The van der Waals surface area contributed by atoms with Crippen LogP contribution < -0.4 is 15.4 Å². The van der Waals surface area contributed by atoms with Crippen LogP contribution in [0.4, 0.5) is 18.0 Å². The number of carbonyl (C=O) groups is 1. The topological polar surface area (TPSA) is 88.4 Å². The first-order chi connectivity index (χ1) is 13.5. The number of aliphatic hydroxyl groups is 1. The van der Waals surface area contributed by atoms with Crippen LogP contribution in [-0.4, -0.2) is 39.5 Å². The zero-order chi connectivity index (χ0) is 21.7. The van der Waals surface area contributed by atoms with E-state index in [1.165, 1.54) is 19.4 Å². The summed E-state index contributed by atoms with van der Waals surface area (Å²) in [7, 11) is 1.36. The monoisotopic (exact) mass is 414 g/mol. The highest BCUT2D eigenvalue weighted by Crippen LogP contribution is 2.40. The summed E-state index contributed by atoms with van der Waals surface area (Å²) >= 11 is 0. The summed E-state index contributed by atoms with van der Waals surface area (Å²) in [4.78, 5) is 15.6. The molecule has 1 unspecified atom stereocenters.